The highest BCUT2D eigenvalue weighted by molar-refractivity contribution is 7.41. The Balaban J connectivity index is 1.91. The van der Waals surface area contributed by atoms with Gasteiger partial charge in [0.2, 0.25) is 0 Å². The highest BCUT2D eigenvalue weighted by Gasteiger charge is 2.21. The van der Waals surface area contributed by atoms with Gasteiger partial charge in [0.1, 0.15) is 0 Å². The summed E-state index contributed by atoms with van der Waals surface area (Å²) in [6.45, 7) is 7.53. The van der Waals surface area contributed by atoms with E-state index in [2.05, 4.69) is 56.7 Å². The molecule has 0 nitrogen and oxygen atoms in total. The molecule has 5 radical (unpaired) electrons. The van der Waals surface area contributed by atoms with Crippen LogP contribution in [0, 0.1) is 0 Å². The normalized spacial score (nSPS) is 20.9. The molecule has 0 unspecified atom stereocenters. The van der Waals surface area contributed by atoms with Gasteiger partial charge in [-0.25, -0.2) is 0 Å². The minimum atomic E-state index is 0.693. The fraction of sp³-hybridized carbons (Fsp3) is 0.333. The standard InChI is InChI=1S/C21H25B4/c1-3-5-7-17(6-4-2)16-18-8-10-19(11-9-18)20-12-14-21(15-13-20)23-25-24-22/h3-11,20-21H,1-2,12-16H2/b7-5-,17-6+. The molecule has 1 aliphatic rings. The van der Waals surface area contributed by atoms with E-state index in [4.69, 9.17) is 7.74 Å². The molecule has 25 heavy (non-hydrogen) atoms. The molecular weight excluding hydrogens is 295 g/mol. The molecule has 0 spiro atoms. The average molecular weight is 321 g/mol. The summed E-state index contributed by atoms with van der Waals surface area (Å²) in [5.74, 6) is 1.39. The van der Waals surface area contributed by atoms with Crippen molar-refractivity contribution in [3.8, 4) is 0 Å². The fourth-order valence-electron chi connectivity index (χ4n) is 3.53. The van der Waals surface area contributed by atoms with Gasteiger partial charge in [-0.2, -0.15) is 0 Å². The topological polar surface area (TPSA) is 0 Å². The van der Waals surface area contributed by atoms with E-state index in [1.807, 2.05) is 19.2 Å². The third kappa shape index (κ3) is 6.69. The molecule has 0 amide bonds. The average Bonchev–Trinajstić information content (AvgIpc) is 2.66. The number of allylic oxidation sites excluding steroid dienone is 6. The van der Waals surface area contributed by atoms with E-state index < -0.39 is 0 Å². The molecule has 4 heteroatoms. The van der Waals surface area contributed by atoms with Gasteiger partial charge in [0.25, 0.3) is 0 Å². The quantitative estimate of drug-likeness (QED) is 0.462. The summed E-state index contributed by atoms with van der Waals surface area (Å²) in [4.78, 5) is 0. The maximum Gasteiger partial charge on any atom is 0.0587 e. The van der Waals surface area contributed by atoms with Crippen molar-refractivity contribution in [2.24, 2.45) is 0 Å². The van der Waals surface area contributed by atoms with E-state index in [1.165, 1.54) is 42.4 Å². The van der Waals surface area contributed by atoms with Crippen LogP contribution in [0.15, 0.2) is 73.4 Å². The van der Waals surface area contributed by atoms with Crippen molar-refractivity contribution in [1.29, 1.82) is 0 Å². The summed E-state index contributed by atoms with van der Waals surface area (Å²) >= 11 is 0. The Morgan fingerprint density at radius 3 is 2.40 bits per heavy atom. The van der Waals surface area contributed by atoms with Crippen LogP contribution in [0.1, 0.15) is 42.7 Å². The molecule has 1 aliphatic carbocycles. The van der Waals surface area contributed by atoms with Gasteiger partial charge in [-0.1, -0.05) is 86.5 Å². The van der Waals surface area contributed by atoms with Crippen LogP contribution < -0.4 is 0 Å². The van der Waals surface area contributed by atoms with Gasteiger partial charge >= 0.3 is 0 Å². The van der Waals surface area contributed by atoms with Gasteiger partial charge in [-0.05, 0) is 41.9 Å². The SMILES string of the molecule is [B][B][B][B]C1CCC(c2ccc(CC(/C=C\C=C)=C/C=C)cc2)CC1. The molecule has 0 saturated heterocycles. The van der Waals surface area contributed by atoms with Crippen molar-refractivity contribution in [2.45, 2.75) is 43.8 Å². The largest absolute Gasteiger partial charge is 0.0991 e. The molecule has 1 aromatic carbocycles. The molecule has 0 atom stereocenters. The predicted octanol–water partition coefficient (Wildman–Crippen LogP) is 4.56. The summed E-state index contributed by atoms with van der Waals surface area (Å²) in [6, 6.07) is 9.16. The Hall–Kier alpha value is -1.56. The van der Waals surface area contributed by atoms with Crippen molar-refractivity contribution in [2.75, 3.05) is 0 Å². The molecule has 2 rings (SSSR count). The molecule has 0 bridgehead atoms. The second kappa shape index (κ2) is 11.1. The van der Waals surface area contributed by atoms with Crippen molar-refractivity contribution in [3.05, 3.63) is 84.5 Å². The molecule has 0 heterocycles. The minimum Gasteiger partial charge on any atom is -0.0991 e. The molecule has 1 saturated carbocycles. The first-order valence-corrected chi connectivity index (χ1v) is 9.18. The lowest BCUT2D eigenvalue weighted by Gasteiger charge is -2.29. The van der Waals surface area contributed by atoms with Gasteiger partial charge in [0, 0.05) is 21.9 Å². The predicted molar refractivity (Wildman–Crippen MR) is 116 cm³/mol. The molecule has 0 aromatic heterocycles. The fourth-order valence-corrected chi connectivity index (χ4v) is 3.53. The van der Waals surface area contributed by atoms with E-state index in [1.54, 1.807) is 13.1 Å². The third-order valence-corrected chi connectivity index (χ3v) is 4.90. The van der Waals surface area contributed by atoms with Gasteiger partial charge < -0.3 is 0 Å². The Morgan fingerprint density at radius 2 is 1.80 bits per heavy atom. The van der Waals surface area contributed by atoms with Gasteiger partial charge in [0.15, 0.2) is 0 Å². The van der Waals surface area contributed by atoms with E-state index in [9.17, 15) is 0 Å². The lowest BCUT2D eigenvalue weighted by molar-refractivity contribution is 0.443. The molecule has 1 fully saturated rings. The Morgan fingerprint density at radius 1 is 1.08 bits per heavy atom. The zero-order valence-corrected chi connectivity index (χ0v) is 15.1. The first-order chi connectivity index (χ1) is 12.3. The monoisotopic (exact) mass is 321 g/mol. The zero-order chi connectivity index (χ0) is 17.9. The molecule has 0 N–H and O–H groups in total. The Bertz CT molecular complexity index is 593. The first kappa shape index (κ1) is 19.8. The first-order valence-electron chi connectivity index (χ1n) is 9.18. The van der Waals surface area contributed by atoms with Crippen molar-refractivity contribution < 1.29 is 0 Å². The van der Waals surface area contributed by atoms with Crippen LogP contribution in [-0.2, 0) is 6.42 Å². The number of benzene rings is 1. The van der Waals surface area contributed by atoms with E-state index >= 15 is 0 Å². The zero-order valence-electron chi connectivity index (χ0n) is 15.1. The summed E-state index contributed by atoms with van der Waals surface area (Å²) in [5, 5.41) is 0. The van der Waals surface area contributed by atoms with Crippen LogP contribution in [-0.4, -0.2) is 29.0 Å². The highest BCUT2D eigenvalue weighted by atomic mass is 14.2. The summed E-state index contributed by atoms with van der Waals surface area (Å²) in [7, 11) is 11.3. The van der Waals surface area contributed by atoms with E-state index in [0.29, 0.717) is 11.7 Å². The molecule has 1 aromatic rings. The second-order valence-electron chi connectivity index (χ2n) is 6.68. The summed E-state index contributed by atoms with van der Waals surface area (Å²) in [6.07, 6.45) is 15.7. The highest BCUT2D eigenvalue weighted by Crippen LogP contribution is 2.38. The summed E-state index contributed by atoms with van der Waals surface area (Å²) in [5.41, 5.74) is 4.06. The lowest BCUT2D eigenvalue weighted by atomic mass is 9.11. The molecule has 121 valence electrons. The van der Waals surface area contributed by atoms with Crippen LogP contribution in [0.4, 0.5) is 0 Å². The van der Waals surface area contributed by atoms with Crippen molar-refractivity contribution in [1.82, 2.24) is 0 Å². The van der Waals surface area contributed by atoms with Crippen LogP contribution in [0.3, 0.4) is 0 Å². The Labute approximate surface area is 157 Å². The van der Waals surface area contributed by atoms with Gasteiger partial charge in [0.05, 0.1) is 7.17 Å². The number of hydrogen-bond donors (Lipinski definition) is 0. The smallest absolute Gasteiger partial charge is 0.0587 e. The van der Waals surface area contributed by atoms with Crippen LogP contribution in [0.5, 0.6) is 0 Å². The van der Waals surface area contributed by atoms with Crippen molar-refractivity contribution >= 4 is 29.0 Å². The van der Waals surface area contributed by atoms with Crippen LogP contribution >= 0.6 is 0 Å². The summed E-state index contributed by atoms with van der Waals surface area (Å²) < 4.78 is 0. The van der Waals surface area contributed by atoms with Gasteiger partial charge in [-0.3, -0.25) is 0 Å². The molecule has 0 aliphatic heterocycles. The van der Waals surface area contributed by atoms with Crippen LogP contribution in [0.2, 0.25) is 5.82 Å². The van der Waals surface area contributed by atoms with E-state index in [0.717, 1.165) is 6.42 Å². The van der Waals surface area contributed by atoms with Crippen molar-refractivity contribution in [3.63, 3.8) is 0 Å². The third-order valence-electron chi connectivity index (χ3n) is 4.90. The van der Waals surface area contributed by atoms with Gasteiger partial charge in [-0.15, -0.1) is 0 Å². The molecular formula is C21H25B4. The minimum absolute atomic E-state index is 0.693. The van der Waals surface area contributed by atoms with Crippen LogP contribution in [0.25, 0.3) is 0 Å². The maximum atomic E-state index is 5.43. The Kier molecular flexibility index (Phi) is 8.80. The number of hydrogen-bond acceptors (Lipinski definition) is 0. The lowest BCUT2D eigenvalue weighted by Crippen LogP contribution is -2.21. The number of rotatable bonds is 9. The second-order valence-corrected chi connectivity index (χ2v) is 6.68. The maximum absolute atomic E-state index is 5.43. The van der Waals surface area contributed by atoms with E-state index in [-0.39, 0.29) is 0 Å².